The Bertz CT molecular complexity index is 681. The Morgan fingerprint density at radius 2 is 2.35 bits per heavy atom. The van der Waals surface area contributed by atoms with Crippen LogP contribution in [-0.2, 0) is 11.2 Å². The molecule has 1 saturated heterocycles. The molecule has 0 bridgehead atoms. The number of furan rings is 1. The fourth-order valence-corrected chi connectivity index (χ4v) is 3.46. The minimum Gasteiger partial charge on any atom is -0.459 e. The van der Waals surface area contributed by atoms with Crippen molar-refractivity contribution in [3.8, 4) is 0 Å². The lowest BCUT2D eigenvalue weighted by molar-refractivity contribution is -0.121. The van der Waals surface area contributed by atoms with Crippen LogP contribution in [0.3, 0.4) is 0 Å². The third kappa shape index (κ3) is 3.44. The highest BCUT2D eigenvalue weighted by Gasteiger charge is 2.34. The molecule has 1 aliphatic rings. The fraction of sp³-hybridized carbons (Fsp3) is 0.438. The fourth-order valence-electron chi connectivity index (χ4n) is 2.71. The van der Waals surface area contributed by atoms with Crippen molar-refractivity contribution < 1.29 is 14.0 Å². The summed E-state index contributed by atoms with van der Waals surface area (Å²) in [5, 5.41) is 3.43. The van der Waals surface area contributed by atoms with E-state index in [1.807, 2.05) is 6.92 Å². The highest BCUT2D eigenvalue weighted by atomic mass is 32.1. The molecule has 0 aliphatic carbocycles. The van der Waals surface area contributed by atoms with Gasteiger partial charge in [0.2, 0.25) is 5.91 Å². The summed E-state index contributed by atoms with van der Waals surface area (Å²) in [6.45, 7) is 2.61. The van der Waals surface area contributed by atoms with Crippen LogP contribution in [0.4, 0.5) is 5.13 Å². The van der Waals surface area contributed by atoms with Crippen molar-refractivity contribution in [1.29, 1.82) is 0 Å². The predicted molar refractivity (Wildman–Crippen MR) is 87.5 cm³/mol. The van der Waals surface area contributed by atoms with Crippen LogP contribution >= 0.6 is 11.3 Å². The molecular formula is C16H19N3O3S. The SMILES string of the molecule is CCc1cnc(NC(=O)C2CCCCN2C(=O)c2ccco2)s1. The normalized spacial score (nSPS) is 18.0. The molecular weight excluding hydrogens is 314 g/mol. The number of thiazole rings is 1. The van der Waals surface area contributed by atoms with E-state index in [9.17, 15) is 9.59 Å². The van der Waals surface area contributed by atoms with Gasteiger partial charge in [-0.3, -0.25) is 9.59 Å². The molecule has 7 heteroatoms. The summed E-state index contributed by atoms with van der Waals surface area (Å²) >= 11 is 1.47. The average Bonchev–Trinajstić information content (AvgIpc) is 3.25. The molecule has 0 saturated carbocycles. The number of piperidine rings is 1. The largest absolute Gasteiger partial charge is 0.459 e. The van der Waals surface area contributed by atoms with E-state index in [1.54, 1.807) is 23.2 Å². The molecule has 1 N–H and O–H groups in total. The number of carbonyl (C=O) groups is 2. The Morgan fingerprint density at radius 1 is 1.48 bits per heavy atom. The maximum Gasteiger partial charge on any atom is 0.290 e. The first kappa shape index (κ1) is 15.7. The van der Waals surface area contributed by atoms with Crippen LogP contribution in [0, 0.1) is 0 Å². The lowest BCUT2D eigenvalue weighted by atomic mass is 10.0. The van der Waals surface area contributed by atoms with Gasteiger partial charge in [0.05, 0.1) is 6.26 Å². The number of aryl methyl sites for hydroxylation is 1. The molecule has 6 nitrogen and oxygen atoms in total. The standard InChI is InChI=1S/C16H19N3O3S/c1-2-11-10-17-16(23-11)18-14(20)12-6-3-4-8-19(12)15(21)13-7-5-9-22-13/h5,7,9-10,12H,2-4,6,8H2,1H3,(H,17,18,20). The van der Waals surface area contributed by atoms with Gasteiger partial charge in [-0.1, -0.05) is 6.92 Å². The highest BCUT2D eigenvalue weighted by molar-refractivity contribution is 7.15. The summed E-state index contributed by atoms with van der Waals surface area (Å²) in [7, 11) is 0. The van der Waals surface area contributed by atoms with E-state index in [0.29, 0.717) is 18.1 Å². The Labute approximate surface area is 138 Å². The Morgan fingerprint density at radius 3 is 3.04 bits per heavy atom. The second kappa shape index (κ2) is 6.95. The number of nitrogens with one attached hydrogen (secondary N) is 1. The lowest BCUT2D eigenvalue weighted by Crippen LogP contribution is -2.49. The van der Waals surface area contributed by atoms with Crippen molar-refractivity contribution in [2.75, 3.05) is 11.9 Å². The molecule has 0 spiro atoms. The molecule has 2 aromatic heterocycles. The van der Waals surface area contributed by atoms with E-state index in [0.717, 1.165) is 24.1 Å². The first-order chi connectivity index (χ1) is 11.2. The van der Waals surface area contributed by atoms with Crippen LogP contribution in [0.1, 0.15) is 41.6 Å². The number of rotatable bonds is 4. The number of nitrogens with zero attached hydrogens (tertiary/aromatic N) is 2. The van der Waals surface area contributed by atoms with Crippen molar-refractivity contribution in [2.45, 2.75) is 38.6 Å². The summed E-state index contributed by atoms with van der Waals surface area (Å²) in [4.78, 5) is 32.0. The summed E-state index contributed by atoms with van der Waals surface area (Å²) in [5.41, 5.74) is 0. The molecule has 0 radical (unpaired) electrons. The van der Waals surface area contributed by atoms with E-state index < -0.39 is 6.04 Å². The summed E-state index contributed by atoms with van der Waals surface area (Å²) in [6.07, 6.45) is 6.61. The maximum absolute atomic E-state index is 12.6. The smallest absolute Gasteiger partial charge is 0.290 e. The van der Waals surface area contributed by atoms with E-state index in [1.165, 1.54) is 17.6 Å². The Kier molecular flexibility index (Phi) is 4.76. The van der Waals surface area contributed by atoms with Gasteiger partial charge in [-0.15, -0.1) is 11.3 Å². The first-order valence-electron chi connectivity index (χ1n) is 7.79. The first-order valence-corrected chi connectivity index (χ1v) is 8.60. The zero-order chi connectivity index (χ0) is 16.2. The van der Waals surface area contributed by atoms with Gasteiger partial charge in [-0.05, 0) is 37.8 Å². The number of anilines is 1. The number of likely N-dealkylation sites (tertiary alicyclic amines) is 1. The van der Waals surface area contributed by atoms with Crippen molar-refractivity contribution in [2.24, 2.45) is 0 Å². The Hall–Kier alpha value is -2.15. The van der Waals surface area contributed by atoms with Crippen LogP contribution in [0.2, 0.25) is 0 Å². The van der Waals surface area contributed by atoms with Gasteiger partial charge in [0.1, 0.15) is 6.04 Å². The van der Waals surface area contributed by atoms with Gasteiger partial charge in [0, 0.05) is 17.6 Å². The van der Waals surface area contributed by atoms with Gasteiger partial charge >= 0.3 is 0 Å². The van der Waals surface area contributed by atoms with Crippen molar-refractivity contribution in [3.63, 3.8) is 0 Å². The zero-order valence-corrected chi connectivity index (χ0v) is 13.8. The molecule has 3 rings (SSSR count). The molecule has 1 aliphatic heterocycles. The molecule has 2 amide bonds. The van der Waals surface area contributed by atoms with Gasteiger partial charge in [0.15, 0.2) is 10.9 Å². The Balaban J connectivity index is 1.72. The van der Waals surface area contributed by atoms with Gasteiger partial charge in [0.25, 0.3) is 5.91 Å². The summed E-state index contributed by atoms with van der Waals surface area (Å²) in [6, 6.07) is 2.82. The van der Waals surface area contributed by atoms with Crippen LogP contribution in [0.15, 0.2) is 29.0 Å². The number of amides is 2. The van der Waals surface area contributed by atoms with Crippen LogP contribution in [0.25, 0.3) is 0 Å². The third-order valence-electron chi connectivity index (χ3n) is 3.93. The second-order valence-electron chi connectivity index (χ2n) is 5.46. The highest BCUT2D eigenvalue weighted by Crippen LogP contribution is 2.23. The molecule has 122 valence electrons. The topological polar surface area (TPSA) is 75.4 Å². The predicted octanol–water partition coefficient (Wildman–Crippen LogP) is 2.93. The zero-order valence-electron chi connectivity index (χ0n) is 12.9. The second-order valence-corrected chi connectivity index (χ2v) is 6.58. The lowest BCUT2D eigenvalue weighted by Gasteiger charge is -2.33. The van der Waals surface area contributed by atoms with E-state index >= 15 is 0 Å². The van der Waals surface area contributed by atoms with Crippen molar-refractivity contribution in [3.05, 3.63) is 35.2 Å². The van der Waals surface area contributed by atoms with E-state index in [-0.39, 0.29) is 17.6 Å². The van der Waals surface area contributed by atoms with Gasteiger partial charge < -0.3 is 14.6 Å². The van der Waals surface area contributed by atoms with E-state index in [4.69, 9.17) is 4.42 Å². The summed E-state index contributed by atoms with van der Waals surface area (Å²) < 4.78 is 5.18. The molecule has 1 atom stereocenters. The van der Waals surface area contributed by atoms with Crippen LogP contribution in [0.5, 0.6) is 0 Å². The molecule has 1 unspecified atom stereocenters. The third-order valence-corrected chi connectivity index (χ3v) is 4.99. The number of aromatic nitrogens is 1. The molecule has 1 fully saturated rings. The average molecular weight is 333 g/mol. The van der Waals surface area contributed by atoms with Crippen LogP contribution < -0.4 is 5.32 Å². The maximum atomic E-state index is 12.6. The van der Waals surface area contributed by atoms with Gasteiger partial charge in [-0.25, -0.2) is 4.98 Å². The van der Waals surface area contributed by atoms with Gasteiger partial charge in [-0.2, -0.15) is 0 Å². The number of hydrogen-bond acceptors (Lipinski definition) is 5. The van der Waals surface area contributed by atoms with Crippen molar-refractivity contribution >= 4 is 28.3 Å². The minimum atomic E-state index is -0.477. The summed E-state index contributed by atoms with van der Waals surface area (Å²) in [5.74, 6) is -0.142. The molecule has 0 aromatic carbocycles. The number of carbonyl (C=O) groups excluding carboxylic acids is 2. The van der Waals surface area contributed by atoms with E-state index in [2.05, 4.69) is 10.3 Å². The van der Waals surface area contributed by atoms with Crippen molar-refractivity contribution in [1.82, 2.24) is 9.88 Å². The minimum absolute atomic E-state index is 0.179. The number of hydrogen-bond donors (Lipinski definition) is 1. The quantitative estimate of drug-likeness (QED) is 0.933. The molecule has 2 aromatic rings. The molecule has 23 heavy (non-hydrogen) atoms. The monoisotopic (exact) mass is 333 g/mol. The van der Waals surface area contributed by atoms with Crippen LogP contribution in [-0.4, -0.2) is 34.3 Å². The molecule has 3 heterocycles.